The standard InChI is InChI=1S/C25H23N5O3S/c31-25(21-15-26-13-18-14-27-28-23(18)21)30-11-9-29(10-12-30)24-19-6-2-1-5-17(19)16-34(32,33)22-8-4-3-7-20(22)24/h1-8,13-15,24H,9-12,16H2,(H,27,28). The normalized spacial score (nSPS) is 19.9. The largest absolute Gasteiger partial charge is 0.336 e. The molecule has 9 heteroatoms. The number of hydrogen-bond acceptors (Lipinski definition) is 6. The van der Waals surface area contributed by atoms with Crippen LogP contribution in [0, 0.1) is 0 Å². The van der Waals surface area contributed by atoms with Gasteiger partial charge in [0.25, 0.3) is 5.91 Å². The number of carbonyl (C=O) groups is 1. The van der Waals surface area contributed by atoms with Gasteiger partial charge in [0.15, 0.2) is 9.84 Å². The van der Waals surface area contributed by atoms with Crippen molar-refractivity contribution in [1.29, 1.82) is 0 Å². The van der Waals surface area contributed by atoms with Crippen molar-refractivity contribution in [3.8, 4) is 0 Å². The van der Waals surface area contributed by atoms with Crippen LogP contribution in [0.3, 0.4) is 0 Å². The molecule has 4 heterocycles. The summed E-state index contributed by atoms with van der Waals surface area (Å²) in [7, 11) is -3.45. The fraction of sp³-hybridized carbons (Fsp3) is 0.240. The number of sulfone groups is 1. The number of H-pyrrole nitrogens is 1. The molecule has 0 bridgehead atoms. The number of nitrogens with zero attached hydrogens (tertiary/aromatic N) is 4. The number of piperazine rings is 1. The monoisotopic (exact) mass is 473 g/mol. The van der Waals surface area contributed by atoms with Crippen LogP contribution in [-0.2, 0) is 15.6 Å². The molecule has 0 spiro atoms. The predicted molar refractivity (Wildman–Crippen MR) is 127 cm³/mol. The van der Waals surface area contributed by atoms with Crippen molar-refractivity contribution in [1.82, 2.24) is 25.0 Å². The average Bonchev–Trinajstić information content (AvgIpc) is 3.31. The third-order valence-electron chi connectivity index (χ3n) is 6.80. The molecule has 0 saturated carbocycles. The van der Waals surface area contributed by atoms with E-state index in [2.05, 4.69) is 20.1 Å². The summed E-state index contributed by atoms with van der Waals surface area (Å²) in [5.41, 5.74) is 3.86. The van der Waals surface area contributed by atoms with Gasteiger partial charge in [-0.2, -0.15) is 5.10 Å². The summed E-state index contributed by atoms with van der Waals surface area (Å²) in [5, 5.41) is 7.74. The van der Waals surface area contributed by atoms with Gasteiger partial charge in [-0.15, -0.1) is 0 Å². The molecule has 0 aliphatic carbocycles. The number of pyridine rings is 1. The number of benzene rings is 2. The first kappa shape index (κ1) is 21.0. The van der Waals surface area contributed by atoms with Crippen molar-refractivity contribution in [3.63, 3.8) is 0 Å². The number of hydrogen-bond donors (Lipinski definition) is 1. The van der Waals surface area contributed by atoms with E-state index in [1.165, 1.54) is 0 Å². The van der Waals surface area contributed by atoms with E-state index in [4.69, 9.17) is 0 Å². The zero-order valence-electron chi connectivity index (χ0n) is 18.4. The molecule has 0 radical (unpaired) electrons. The molecule has 1 amide bonds. The highest BCUT2D eigenvalue weighted by atomic mass is 32.2. The first-order valence-electron chi connectivity index (χ1n) is 11.2. The zero-order chi connectivity index (χ0) is 23.3. The second-order valence-corrected chi connectivity index (χ2v) is 10.7. The Hall–Kier alpha value is -3.56. The van der Waals surface area contributed by atoms with Crippen LogP contribution in [0.15, 0.2) is 72.0 Å². The van der Waals surface area contributed by atoms with Crippen LogP contribution in [0.5, 0.6) is 0 Å². The molecule has 1 saturated heterocycles. The van der Waals surface area contributed by atoms with E-state index in [1.807, 2.05) is 41.3 Å². The molecule has 2 aromatic heterocycles. The highest BCUT2D eigenvalue weighted by molar-refractivity contribution is 7.90. The molecule has 1 atom stereocenters. The van der Waals surface area contributed by atoms with Crippen molar-refractivity contribution in [2.75, 3.05) is 26.2 Å². The number of fused-ring (bicyclic) bond motifs is 3. The third kappa shape index (κ3) is 3.39. The van der Waals surface area contributed by atoms with Gasteiger partial charge in [-0.25, -0.2) is 8.42 Å². The average molecular weight is 474 g/mol. The number of aromatic amines is 1. The summed E-state index contributed by atoms with van der Waals surface area (Å²) >= 11 is 0. The molecule has 6 rings (SSSR count). The van der Waals surface area contributed by atoms with E-state index in [-0.39, 0.29) is 17.7 Å². The molecule has 4 aromatic rings. The molecular formula is C25H23N5O3S. The lowest BCUT2D eigenvalue weighted by molar-refractivity contribution is 0.0597. The lowest BCUT2D eigenvalue weighted by Gasteiger charge is -2.40. The second-order valence-electron chi connectivity index (χ2n) is 8.75. The van der Waals surface area contributed by atoms with Crippen molar-refractivity contribution >= 4 is 26.6 Å². The zero-order valence-corrected chi connectivity index (χ0v) is 19.2. The summed E-state index contributed by atoms with van der Waals surface area (Å²) in [6, 6.07) is 14.9. The maximum Gasteiger partial charge on any atom is 0.257 e. The minimum Gasteiger partial charge on any atom is -0.336 e. The topological polar surface area (TPSA) is 99.3 Å². The summed E-state index contributed by atoms with van der Waals surface area (Å²) in [4.78, 5) is 22.0. The van der Waals surface area contributed by atoms with Crippen molar-refractivity contribution < 1.29 is 13.2 Å². The fourth-order valence-electron chi connectivity index (χ4n) is 5.15. The quantitative estimate of drug-likeness (QED) is 0.481. The Kier molecular flexibility index (Phi) is 4.96. The fourth-order valence-corrected chi connectivity index (χ4v) is 6.80. The van der Waals surface area contributed by atoms with Gasteiger partial charge in [0.1, 0.15) is 0 Å². The van der Waals surface area contributed by atoms with E-state index < -0.39 is 9.84 Å². The van der Waals surface area contributed by atoms with E-state index in [0.29, 0.717) is 42.2 Å². The van der Waals surface area contributed by atoms with Gasteiger partial charge >= 0.3 is 0 Å². The molecular weight excluding hydrogens is 450 g/mol. The Morgan fingerprint density at radius 1 is 0.912 bits per heavy atom. The predicted octanol–water partition coefficient (Wildman–Crippen LogP) is 2.79. The Morgan fingerprint density at radius 2 is 1.65 bits per heavy atom. The van der Waals surface area contributed by atoms with Crippen LogP contribution in [-0.4, -0.2) is 65.5 Å². The van der Waals surface area contributed by atoms with E-state index in [9.17, 15) is 13.2 Å². The van der Waals surface area contributed by atoms with Gasteiger partial charge in [-0.3, -0.25) is 19.8 Å². The minimum atomic E-state index is -3.45. The Labute approximate surface area is 197 Å². The number of nitrogens with one attached hydrogen (secondary N) is 1. The molecule has 8 nitrogen and oxygen atoms in total. The van der Waals surface area contributed by atoms with Crippen LogP contribution in [0.4, 0.5) is 0 Å². The molecule has 1 fully saturated rings. The molecule has 2 aliphatic heterocycles. The lowest BCUT2D eigenvalue weighted by Crippen LogP contribution is -2.50. The molecule has 2 aromatic carbocycles. The number of carbonyl (C=O) groups excluding carboxylic acids is 1. The molecule has 2 aliphatic rings. The van der Waals surface area contributed by atoms with Gasteiger partial charge in [-0.1, -0.05) is 42.5 Å². The Morgan fingerprint density at radius 3 is 2.47 bits per heavy atom. The van der Waals surface area contributed by atoms with Gasteiger partial charge in [0, 0.05) is 44.0 Å². The minimum absolute atomic E-state index is 0.00364. The van der Waals surface area contributed by atoms with E-state index >= 15 is 0 Å². The van der Waals surface area contributed by atoms with Gasteiger partial charge < -0.3 is 4.90 Å². The van der Waals surface area contributed by atoms with E-state index in [0.717, 1.165) is 22.1 Å². The van der Waals surface area contributed by atoms with Crippen LogP contribution >= 0.6 is 0 Å². The lowest BCUT2D eigenvalue weighted by atomic mass is 9.93. The Bertz CT molecular complexity index is 1510. The van der Waals surface area contributed by atoms with Crippen molar-refractivity contribution in [3.05, 3.63) is 89.4 Å². The summed E-state index contributed by atoms with van der Waals surface area (Å²) in [6.07, 6.45) is 4.92. The smallest absolute Gasteiger partial charge is 0.257 e. The maximum atomic E-state index is 13.3. The van der Waals surface area contributed by atoms with Crippen LogP contribution in [0.2, 0.25) is 0 Å². The van der Waals surface area contributed by atoms with Crippen molar-refractivity contribution in [2.45, 2.75) is 16.7 Å². The first-order valence-corrected chi connectivity index (χ1v) is 12.9. The highest BCUT2D eigenvalue weighted by Crippen LogP contribution is 2.40. The SMILES string of the molecule is O=C(c1cncc2cn[nH]c12)N1CCN(C2c3ccccc3CS(=O)(=O)c3ccccc32)CC1. The first-order chi connectivity index (χ1) is 16.5. The molecule has 172 valence electrons. The second kappa shape index (κ2) is 8.03. The maximum absolute atomic E-state index is 13.3. The summed E-state index contributed by atoms with van der Waals surface area (Å²) in [6.45, 7) is 2.34. The van der Waals surface area contributed by atoms with Crippen LogP contribution in [0.25, 0.3) is 10.9 Å². The van der Waals surface area contributed by atoms with Gasteiger partial charge in [0.05, 0.1) is 34.0 Å². The number of aromatic nitrogens is 3. The molecule has 34 heavy (non-hydrogen) atoms. The molecule has 1 unspecified atom stereocenters. The summed E-state index contributed by atoms with van der Waals surface area (Å²) in [5.74, 6) is -0.0812. The van der Waals surface area contributed by atoms with Gasteiger partial charge in [-0.05, 0) is 22.8 Å². The van der Waals surface area contributed by atoms with Crippen LogP contribution in [0.1, 0.15) is 33.1 Å². The molecule has 1 N–H and O–H groups in total. The van der Waals surface area contributed by atoms with Crippen LogP contribution < -0.4 is 0 Å². The third-order valence-corrected chi connectivity index (χ3v) is 8.53. The van der Waals surface area contributed by atoms with E-state index in [1.54, 1.807) is 30.7 Å². The van der Waals surface area contributed by atoms with Gasteiger partial charge in [0.2, 0.25) is 0 Å². The summed E-state index contributed by atoms with van der Waals surface area (Å²) < 4.78 is 26.4. The highest BCUT2D eigenvalue weighted by Gasteiger charge is 2.36. The number of rotatable bonds is 2. The Balaban J connectivity index is 1.32. The van der Waals surface area contributed by atoms with Crippen molar-refractivity contribution in [2.24, 2.45) is 0 Å². The number of amides is 1.